The zero-order chi connectivity index (χ0) is 18.9. The van der Waals surface area contributed by atoms with E-state index in [2.05, 4.69) is 34.0 Å². The highest BCUT2D eigenvalue weighted by atomic mass is 35.5. The van der Waals surface area contributed by atoms with E-state index < -0.39 is 0 Å². The minimum atomic E-state index is -0.192. The molecule has 0 atom stereocenters. The van der Waals surface area contributed by atoms with Gasteiger partial charge >= 0.3 is 0 Å². The topological polar surface area (TPSA) is 76.0 Å². The molecule has 2 rings (SSSR count). The molecular formula is C19H25ClN4O2. The first-order chi connectivity index (χ1) is 12.5. The molecule has 1 aromatic carbocycles. The lowest BCUT2D eigenvalue weighted by atomic mass is 10.2. The van der Waals surface area contributed by atoms with Crippen molar-refractivity contribution in [1.29, 1.82) is 0 Å². The maximum atomic E-state index is 11.9. The predicted octanol–water partition coefficient (Wildman–Crippen LogP) is 3.59. The summed E-state index contributed by atoms with van der Waals surface area (Å²) in [5.41, 5.74) is 0.668. The predicted molar refractivity (Wildman–Crippen MR) is 103 cm³/mol. The summed E-state index contributed by atoms with van der Waals surface area (Å²) in [6.07, 6.45) is 4.89. The second-order valence-electron chi connectivity index (χ2n) is 6.39. The smallest absolute Gasteiger partial charge is 0.224 e. The van der Waals surface area contributed by atoms with Gasteiger partial charge in [0.25, 0.3) is 0 Å². The Labute approximate surface area is 159 Å². The lowest BCUT2D eigenvalue weighted by Gasteiger charge is -2.10. The molecule has 7 heteroatoms. The third-order valence-corrected chi connectivity index (χ3v) is 4.12. The molecule has 0 saturated carbocycles. The highest BCUT2D eigenvalue weighted by Crippen LogP contribution is 2.14. The van der Waals surface area contributed by atoms with Gasteiger partial charge in [-0.3, -0.25) is 9.59 Å². The first kappa shape index (κ1) is 20.0. The first-order valence-corrected chi connectivity index (χ1v) is 9.16. The van der Waals surface area contributed by atoms with Crippen LogP contribution in [-0.2, 0) is 16.1 Å². The number of imidazole rings is 1. The van der Waals surface area contributed by atoms with E-state index in [-0.39, 0.29) is 24.7 Å². The lowest BCUT2D eigenvalue weighted by Crippen LogP contribution is -2.26. The average molecular weight is 377 g/mol. The highest BCUT2D eigenvalue weighted by molar-refractivity contribution is 6.30. The van der Waals surface area contributed by atoms with Gasteiger partial charge in [-0.15, -0.1) is 0 Å². The Morgan fingerprint density at radius 3 is 2.54 bits per heavy atom. The number of hydrogen-bond acceptors (Lipinski definition) is 3. The summed E-state index contributed by atoms with van der Waals surface area (Å²) in [5, 5.41) is 6.20. The Kier molecular flexibility index (Phi) is 7.66. The second kappa shape index (κ2) is 9.97. The van der Waals surface area contributed by atoms with Crippen molar-refractivity contribution in [1.82, 2.24) is 14.9 Å². The molecule has 0 radical (unpaired) electrons. The van der Waals surface area contributed by atoms with Gasteiger partial charge in [-0.05, 0) is 30.7 Å². The molecule has 2 amide bonds. The SMILES string of the molecule is CC(C)c1nccn1CCCNC(=O)CCC(=O)Nc1ccc(Cl)cc1. The summed E-state index contributed by atoms with van der Waals surface area (Å²) in [7, 11) is 0. The molecule has 0 saturated heterocycles. The fraction of sp³-hybridized carbons (Fsp3) is 0.421. The van der Waals surface area contributed by atoms with Crippen molar-refractivity contribution in [2.24, 2.45) is 0 Å². The number of amides is 2. The van der Waals surface area contributed by atoms with Crippen molar-refractivity contribution >= 4 is 29.1 Å². The van der Waals surface area contributed by atoms with Crippen LogP contribution in [0.1, 0.15) is 44.9 Å². The number of hydrogen-bond donors (Lipinski definition) is 2. The zero-order valence-corrected chi connectivity index (χ0v) is 15.9. The van der Waals surface area contributed by atoms with E-state index in [1.807, 2.05) is 6.20 Å². The Morgan fingerprint density at radius 2 is 1.85 bits per heavy atom. The Hall–Kier alpha value is -2.34. The van der Waals surface area contributed by atoms with Gasteiger partial charge in [0.1, 0.15) is 5.82 Å². The van der Waals surface area contributed by atoms with Crippen molar-refractivity contribution in [3.05, 3.63) is 47.5 Å². The maximum absolute atomic E-state index is 11.9. The lowest BCUT2D eigenvalue weighted by molar-refractivity contribution is -0.124. The molecule has 0 aliphatic carbocycles. The molecule has 2 N–H and O–H groups in total. The van der Waals surface area contributed by atoms with E-state index in [1.54, 1.807) is 30.5 Å². The number of nitrogens with one attached hydrogen (secondary N) is 2. The summed E-state index contributed by atoms with van der Waals surface area (Å²) >= 11 is 5.80. The number of rotatable bonds is 9. The summed E-state index contributed by atoms with van der Waals surface area (Å²) in [5.74, 6) is 1.11. The molecule has 1 aromatic heterocycles. The molecule has 0 unspecified atom stereocenters. The third kappa shape index (κ3) is 6.52. The zero-order valence-electron chi connectivity index (χ0n) is 15.2. The largest absolute Gasteiger partial charge is 0.356 e. The van der Waals surface area contributed by atoms with Gasteiger partial charge in [0.05, 0.1) is 0 Å². The fourth-order valence-corrected chi connectivity index (χ4v) is 2.69. The molecule has 1 heterocycles. The molecule has 0 aliphatic heterocycles. The molecule has 6 nitrogen and oxygen atoms in total. The van der Waals surface area contributed by atoms with Crippen LogP contribution in [0.25, 0.3) is 0 Å². The van der Waals surface area contributed by atoms with E-state index in [0.29, 0.717) is 23.2 Å². The van der Waals surface area contributed by atoms with Gasteiger partial charge in [-0.25, -0.2) is 4.98 Å². The Bertz CT molecular complexity index is 725. The number of aryl methyl sites for hydroxylation is 1. The van der Waals surface area contributed by atoms with Crippen LogP contribution in [0.3, 0.4) is 0 Å². The Balaban J connectivity index is 1.62. The number of anilines is 1. The number of nitrogens with zero attached hydrogens (tertiary/aromatic N) is 2. The quantitative estimate of drug-likeness (QED) is 0.656. The van der Waals surface area contributed by atoms with Crippen molar-refractivity contribution in [3.8, 4) is 0 Å². The van der Waals surface area contributed by atoms with Crippen molar-refractivity contribution in [2.45, 2.75) is 45.6 Å². The minimum absolute atomic E-state index is 0.119. The van der Waals surface area contributed by atoms with Gasteiger partial charge < -0.3 is 15.2 Å². The van der Waals surface area contributed by atoms with E-state index in [0.717, 1.165) is 18.8 Å². The van der Waals surface area contributed by atoms with Crippen LogP contribution in [0.5, 0.6) is 0 Å². The average Bonchev–Trinajstić information content (AvgIpc) is 3.08. The van der Waals surface area contributed by atoms with Crippen molar-refractivity contribution in [2.75, 3.05) is 11.9 Å². The number of aromatic nitrogens is 2. The van der Waals surface area contributed by atoms with Crippen LogP contribution < -0.4 is 10.6 Å². The molecule has 140 valence electrons. The van der Waals surface area contributed by atoms with Crippen LogP contribution in [0.4, 0.5) is 5.69 Å². The molecule has 26 heavy (non-hydrogen) atoms. The molecule has 0 fully saturated rings. The standard InChI is InChI=1S/C19H25ClN4O2/c1-14(2)19-22-11-13-24(19)12-3-10-21-17(25)8-9-18(26)23-16-6-4-15(20)5-7-16/h4-7,11,13-14H,3,8-10,12H2,1-2H3,(H,21,25)(H,23,26). The van der Waals surface area contributed by atoms with Gasteiger partial charge in [0.2, 0.25) is 11.8 Å². The van der Waals surface area contributed by atoms with Crippen molar-refractivity contribution < 1.29 is 9.59 Å². The molecule has 0 bridgehead atoms. The van der Waals surface area contributed by atoms with Gasteiger partial charge in [0, 0.05) is 55.0 Å². The van der Waals surface area contributed by atoms with E-state index in [4.69, 9.17) is 11.6 Å². The highest BCUT2D eigenvalue weighted by Gasteiger charge is 2.08. The van der Waals surface area contributed by atoms with Crippen LogP contribution in [0.2, 0.25) is 5.02 Å². The van der Waals surface area contributed by atoms with Gasteiger partial charge in [-0.1, -0.05) is 25.4 Å². The summed E-state index contributed by atoms with van der Waals surface area (Å²) < 4.78 is 2.11. The van der Waals surface area contributed by atoms with E-state index >= 15 is 0 Å². The Morgan fingerprint density at radius 1 is 1.15 bits per heavy atom. The summed E-state index contributed by atoms with van der Waals surface area (Å²) in [6.45, 7) is 5.60. The number of carbonyl (C=O) groups excluding carboxylic acids is 2. The van der Waals surface area contributed by atoms with E-state index in [1.165, 1.54) is 0 Å². The molecular weight excluding hydrogens is 352 g/mol. The molecule has 2 aromatic rings. The van der Waals surface area contributed by atoms with Crippen LogP contribution in [-0.4, -0.2) is 27.9 Å². The monoisotopic (exact) mass is 376 g/mol. The summed E-state index contributed by atoms with van der Waals surface area (Å²) in [4.78, 5) is 28.0. The van der Waals surface area contributed by atoms with Gasteiger partial charge in [0.15, 0.2) is 0 Å². The normalized spacial score (nSPS) is 10.8. The first-order valence-electron chi connectivity index (χ1n) is 8.79. The van der Waals surface area contributed by atoms with Crippen LogP contribution >= 0.6 is 11.6 Å². The van der Waals surface area contributed by atoms with Crippen LogP contribution in [0.15, 0.2) is 36.7 Å². The van der Waals surface area contributed by atoms with E-state index in [9.17, 15) is 9.59 Å². The fourth-order valence-electron chi connectivity index (χ4n) is 2.56. The number of benzene rings is 1. The summed E-state index contributed by atoms with van der Waals surface area (Å²) in [6, 6.07) is 6.85. The number of carbonyl (C=O) groups is 2. The molecule has 0 spiro atoms. The number of halogens is 1. The van der Waals surface area contributed by atoms with Crippen LogP contribution in [0, 0.1) is 0 Å². The minimum Gasteiger partial charge on any atom is -0.356 e. The second-order valence-corrected chi connectivity index (χ2v) is 6.83. The maximum Gasteiger partial charge on any atom is 0.224 e. The molecule has 0 aliphatic rings. The van der Waals surface area contributed by atoms with Crippen molar-refractivity contribution in [3.63, 3.8) is 0 Å². The third-order valence-electron chi connectivity index (χ3n) is 3.87. The van der Waals surface area contributed by atoms with Gasteiger partial charge in [-0.2, -0.15) is 0 Å².